The highest BCUT2D eigenvalue weighted by molar-refractivity contribution is 5.85. The second-order valence-corrected chi connectivity index (χ2v) is 4.01. The number of rotatable bonds is 5. The van der Waals surface area contributed by atoms with Gasteiger partial charge < -0.3 is 10.6 Å². The number of nitrogens with zero attached hydrogens (tertiary/aromatic N) is 3. The van der Waals surface area contributed by atoms with Gasteiger partial charge in [0.05, 0.1) is 6.20 Å². The monoisotopic (exact) mass is 296 g/mol. The molecule has 0 aliphatic carbocycles. The minimum absolute atomic E-state index is 0. The van der Waals surface area contributed by atoms with Crippen molar-refractivity contribution in [3.05, 3.63) is 18.0 Å². The number of halogens is 2. The predicted octanol–water partition coefficient (Wildman–Crippen LogP) is 1.21. The molecular weight excluding hydrogens is 275 g/mol. The minimum Gasteiger partial charge on any atom is -0.338 e. The van der Waals surface area contributed by atoms with Crippen molar-refractivity contribution in [2.75, 3.05) is 13.1 Å². The highest BCUT2D eigenvalue weighted by Crippen LogP contribution is 2.07. The van der Waals surface area contributed by atoms with Gasteiger partial charge in [0.1, 0.15) is 0 Å². The van der Waals surface area contributed by atoms with Crippen LogP contribution in [0, 0.1) is 5.92 Å². The number of nitrogens with two attached hydrogens (primary N) is 1. The Hall–Kier alpha value is -0.780. The molecule has 18 heavy (non-hydrogen) atoms. The van der Waals surface area contributed by atoms with E-state index in [-0.39, 0.29) is 36.6 Å². The van der Waals surface area contributed by atoms with Gasteiger partial charge in [-0.25, -0.2) is 0 Å². The third kappa shape index (κ3) is 5.25. The van der Waals surface area contributed by atoms with E-state index in [0.29, 0.717) is 19.6 Å². The lowest BCUT2D eigenvalue weighted by molar-refractivity contribution is -0.135. The summed E-state index contributed by atoms with van der Waals surface area (Å²) in [6.07, 6.45) is 3.70. The smallest absolute Gasteiger partial charge is 0.226 e. The Bertz CT molecular complexity index is 357. The molecular formula is C11H22Cl2N4O. The molecule has 7 heteroatoms. The van der Waals surface area contributed by atoms with Gasteiger partial charge in [-0.3, -0.25) is 9.48 Å². The second kappa shape index (κ2) is 9.19. The van der Waals surface area contributed by atoms with E-state index in [1.54, 1.807) is 15.8 Å². The quantitative estimate of drug-likeness (QED) is 0.888. The fourth-order valence-corrected chi connectivity index (χ4v) is 1.53. The molecule has 0 bridgehead atoms. The number of carbonyl (C=O) groups excluding carboxylic acids is 1. The summed E-state index contributed by atoms with van der Waals surface area (Å²) in [6.45, 7) is 5.51. The Labute approximate surface area is 121 Å². The van der Waals surface area contributed by atoms with Crippen LogP contribution in [0.25, 0.3) is 0 Å². The van der Waals surface area contributed by atoms with E-state index in [1.807, 2.05) is 27.1 Å². The van der Waals surface area contributed by atoms with Gasteiger partial charge in [-0.1, -0.05) is 6.92 Å². The summed E-state index contributed by atoms with van der Waals surface area (Å²) in [5.41, 5.74) is 6.54. The molecule has 0 fully saturated rings. The summed E-state index contributed by atoms with van der Waals surface area (Å²) >= 11 is 0. The Morgan fingerprint density at radius 3 is 2.56 bits per heavy atom. The zero-order chi connectivity index (χ0) is 12.1. The van der Waals surface area contributed by atoms with E-state index in [1.165, 1.54) is 0 Å². The molecule has 0 aliphatic rings. The molecule has 0 aliphatic heterocycles. The summed E-state index contributed by atoms with van der Waals surface area (Å²) in [4.78, 5) is 13.7. The lowest BCUT2D eigenvalue weighted by Gasteiger charge is -2.23. The van der Waals surface area contributed by atoms with Gasteiger partial charge in [0.25, 0.3) is 0 Å². The molecule has 0 saturated carbocycles. The van der Waals surface area contributed by atoms with Crippen LogP contribution in [0.15, 0.2) is 12.4 Å². The number of aryl methyl sites for hydroxylation is 1. The maximum Gasteiger partial charge on any atom is 0.226 e. The molecule has 1 amide bonds. The molecule has 1 aromatic heterocycles. The predicted molar refractivity (Wildman–Crippen MR) is 77.0 cm³/mol. The SMILES string of the molecule is CCN(Cc1cnn(C)c1)C(=O)C(C)CN.Cl.Cl. The second-order valence-electron chi connectivity index (χ2n) is 4.01. The number of hydrogen-bond acceptors (Lipinski definition) is 3. The fourth-order valence-electron chi connectivity index (χ4n) is 1.53. The number of aromatic nitrogens is 2. The normalized spacial score (nSPS) is 11.1. The Kier molecular flexibility index (Phi) is 9.99. The molecule has 1 heterocycles. The fraction of sp³-hybridized carbons (Fsp3) is 0.636. The van der Waals surface area contributed by atoms with E-state index in [4.69, 9.17) is 5.73 Å². The molecule has 0 aromatic carbocycles. The van der Waals surface area contributed by atoms with Crippen LogP contribution in [0.3, 0.4) is 0 Å². The summed E-state index contributed by atoms with van der Waals surface area (Å²) in [7, 11) is 1.87. The van der Waals surface area contributed by atoms with Crippen molar-refractivity contribution in [3.63, 3.8) is 0 Å². The summed E-state index contributed by atoms with van der Waals surface area (Å²) in [6, 6.07) is 0. The molecule has 1 atom stereocenters. The van der Waals surface area contributed by atoms with Gasteiger partial charge in [-0.05, 0) is 6.92 Å². The molecule has 5 nitrogen and oxygen atoms in total. The maximum absolute atomic E-state index is 11.9. The first-order valence-electron chi connectivity index (χ1n) is 5.54. The third-order valence-electron chi connectivity index (χ3n) is 2.60. The highest BCUT2D eigenvalue weighted by atomic mass is 35.5. The topological polar surface area (TPSA) is 64.2 Å². The van der Waals surface area contributed by atoms with Gasteiger partial charge in [0, 0.05) is 44.4 Å². The first kappa shape index (κ1) is 19.6. The van der Waals surface area contributed by atoms with E-state index >= 15 is 0 Å². The van der Waals surface area contributed by atoms with Crippen molar-refractivity contribution in [1.29, 1.82) is 0 Å². The number of hydrogen-bond donors (Lipinski definition) is 1. The minimum atomic E-state index is -0.114. The standard InChI is InChI=1S/C11H20N4O.2ClH/c1-4-15(11(16)9(2)5-12)8-10-6-13-14(3)7-10;;/h6-7,9H,4-5,8,12H2,1-3H3;2*1H. The van der Waals surface area contributed by atoms with Crippen LogP contribution >= 0.6 is 24.8 Å². The zero-order valence-corrected chi connectivity index (χ0v) is 12.6. The lowest BCUT2D eigenvalue weighted by atomic mass is 10.1. The average molecular weight is 297 g/mol. The largest absolute Gasteiger partial charge is 0.338 e. The molecule has 1 aromatic rings. The van der Waals surface area contributed by atoms with E-state index < -0.39 is 0 Å². The van der Waals surface area contributed by atoms with Gasteiger partial charge in [0.15, 0.2) is 0 Å². The van der Waals surface area contributed by atoms with Crippen LogP contribution < -0.4 is 5.73 Å². The van der Waals surface area contributed by atoms with E-state index in [2.05, 4.69) is 5.10 Å². The Morgan fingerprint density at radius 2 is 2.17 bits per heavy atom. The zero-order valence-electron chi connectivity index (χ0n) is 11.0. The molecule has 0 spiro atoms. The van der Waals surface area contributed by atoms with E-state index in [9.17, 15) is 4.79 Å². The molecule has 106 valence electrons. The van der Waals surface area contributed by atoms with Crippen molar-refractivity contribution in [2.45, 2.75) is 20.4 Å². The first-order valence-corrected chi connectivity index (χ1v) is 5.54. The Balaban J connectivity index is 0. The number of amides is 1. The average Bonchev–Trinajstić information content (AvgIpc) is 2.69. The van der Waals surface area contributed by atoms with Gasteiger partial charge in [-0.15, -0.1) is 24.8 Å². The first-order chi connectivity index (χ1) is 7.58. The molecule has 0 radical (unpaired) electrons. The highest BCUT2D eigenvalue weighted by Gasteiger charge is 2.18. The van der Waals surface area contributed by atoms with Crippen LogP contribution in [-0.4, -0.2) is 33.7 Å². The van der Waals surface area contributed by atoms with Gasteiger partial charge in [0.2, 0.25) is 5.91 Å². The molecule has 1 unspecified atom stereocenters. The molecule has 1 rings (SSSR count). The summed E-state index contributed by atoms with van der Waals surface area (Å²) in [5, 5.41) is 4.08. The van der Waals surface area contributed by atoms with Crippen LogP contribution in [0.2, 0.25) is 0 Å². The van der Waals surface area contributed by atoms with Crippen molar-refractivity contribution in [3.8, 4) is 0 Å². The number of carbonyl (C=O) groups is 1. The Morgan fingerprint density at radius 1 is 1.56 bits per heavy atom. The summed E-state index contributed by atoms with van der Waals surface area (Å²) in [5.74, 6) is -0.00882. The van der Waals surface area contributed by atoms with Crippen molar-refractivity contribution in [1.82, 2.24) is 14.7 Å². The van der Waals surface area contributed by atoms with E-state index in [0.717, 1.165) is 5.56 Å². The van der Waals surface area contributed by atoms with Crippen LogP contribution in [0.4, 0.5) is 0 Å². The van der Waals surface area contributed by atoms with Crippen molar-refractivity contribution < 1.29 is 4.79 Å². The van der Waals surface area contributed by atoms with Crippen LogP contribution in [-0.2, 0) is 18.4 Å². The van der Waals surface area contributed by atoms with Crippen LogP contribution in [0.1, 0.15) is 19.4 Å². The molecule has 2 N–H and O–H groups in total. The summed E-state index contributed by atoms with van der Waals surface area (Å²) < 4.78 is 1.74. The maximum atomic E-state index is 11.9. The van der Waals surface area contributed by atoms with Crippen LogP contribution in [0.5, 0.6) is 0 Å². The van der Waals surface area contributed by atoms with Gasteiger partial charge in [-0.2, -0.15) is 5.10 Å². The lowest BCUT2D eigenvalue weighted by Crippen LogP contribution is -2.37. The third-order valence-corrected chi connectivity index (χ3v) is 2.60. The molecule has 0 saturated heterocycles. The van der Waals surface area contributed by atoms with Crippen molar-refractivity contribution in [2.24, 2.45) is 18.7 Å². The van der Waals surface area contributed by atoms with Crippen molar-refractivity contribution >= 4 is 30.7 Å². The van der Waals surface area contributed by atoms with Gasteiger partial charge >= 0.3 is 0 Å².